The van der Waals surface area contributed by atoms with Crippen molar-refractivity contribution in [2.45, 2.75) is 38.5 Å². The van der Waals surface area contributed by atoms with E-state index < -0.39 is 0 Å². The minimum Gasteiger partial charge on any atom is -0.0619 e. The van der Waals surface area contributed by atoms with Crippen LogP contribution in [0.5, 0.6) is 0 Å². The molecule has 0 saturated heterocycles. The summed E-state index contributed by atoms with van der Waals surface area (Å²) in [7, 11) is 0. The van der Waals surface area contributed by atoms with Gasteiger partial charge in [-0.1, -0.05) is 93.6 Å². The molecule has 0 saturated carbocycles. The third kappa shape index (κ3) is 2.57. The topological polar surface area (TPSA) is 0 Å². The maximum Gasteiger partial charge on any atom is 0.0142 e. The molecule has 0 N–H and O–H groups in total. The Bertz CT molecular complexity index is 818. The quantitative estimate of drug-likeness (QED) is 0.518. The fraction of sp³-hybridized carbons (Fsp3) is 0.250. The molecule has 0 fully saturated rings. The summed E-state index contributed by atoms with van der Waals surface area (Å²) >= 11 is 0. The molecular formula is C24H24. The largest absolute Gasteiger partial charge is 0.0619 e. The Morgan fingerprint density at radius 1 is 0.667 bits per heavy atom. The molecule has 3 aromatic rings. The maximum absolute atomic E-state index is 2.31. The van der Waals surface area contributed by atoms with Gasteiger partial charge in [0.05, 0.1) is 0 Å². The Labute approximate surface area is 145 Å². The predicted molar refractivity (Wildman–Crippen MR) is 103 cm³/mol. The summed E-state index contributed by atoms with van der Waals surface area (Å²) in [4.78, 5) is 0. The van der Waals surface area contributed by atoms with E-state index in [4.69, 9.17) is 0 Å². The Kier molecular flexibility index (Phi) is 3.57. The van der Waals surface area contributed by atoms with Gasteiger partial charge < -0.3 is 0 Å². The third-order valence-corrected chi connectivity index (χ3v) is 5.22. The molecule has 3 aromatic carbocycles. The summed E-state index contributed by atoms with van der Waals surface area (Å²) in [6.45, 7) is 6.81. The smallest absolute Gasteiger partial charge is 0.0142 e. The lowest BCUT2D eigenvalue weighted by molar-refractivity contribution is 0.590. The fourth-order valence-corrected chi connectivity index (χ4v) is 3.86. The van der Waals surface area contributed by atoms with E-state index in [1.807, 2.05) is 0 Å². The molecule has 0 amide bonds. The Morgan fingerprint density at radius 3 is 1.67 bits per heavy atom. The molecule has 0 heteroatoms. The molecule has 1 aliphatic rings. The molecule has 24 heavy (non-hydrogen) atoms. The second-order valence-electron chi connectivity index (χ2n) is 7.88. The summed E-state index contributed by atoms with van der Waals surface area (Å²) < 4.78 is 0. The first-order valence-electron chi connectivity index (χ1n) is 8.82. The van der Waals surface area contributed by atoms with Gasteiger partial charge >= 0.3 is 0 Å². The van der Waals surface area contributed by atoms with Crippen LogP contribution in [0.2, 0.25) is 0 Å². The van der Waals surface area contributed by atoms with Crippen molar-refractivity contribution in [1.29, 1.82) is 0 Å². The van der Waals surface area contributed by atoms with Crippen molar-refractivity contribution in [3.05, 3.63) is 95.1 Å². The average Bonchev–Trinajstić information content (AvgIpc) is 2.89. The first kappa shape index (κ1) is 15.2. The maximum atomic E-state index is 2.31. The SMILES string of the molecule is CC(C)(C)c1ccc(CC2c3ccccc3-c3ccccc32)cc1. The third-order valence-electron chi connectivity index (χ3n) is 5.22. The average molecular weight is 312 g/mol. The number of hydrogen-bond donors (Lipinski definition) is 0. The van der Waals surface area contributed by atoms with Gasteiger partial charge in [0.25, 0.3) is 0 Å². The molecule has 0 aliphatic heterocycles. The van der Waals surface area contributed by atoms with Gasteiger partial charge in [0, 0.05) is 5.92 Å². The van der Waals surface area contributed by atoms with E-state index in [-0.39, 0.29) is 5.41 Å². The molecule has 0 spiro atoms. The van der Waals surface area contributed by atoms with Crippen LogP contribution in [0.1, 0.15) is 48.9 Å². The molecule has 0 bridgehead atoms. The first-order valence-corrected chi connectivity index (χ1v) is 8.82. The number of benzene rings is 3. The van der Waals surface area contributed by atoms with Crippen LogP contribution >= 0.6 is 0 Å². The Hall–Kier alpha value is -2.34. The van der Waals surface area contributed by atoms with E-state index in [9.17, 15) is 0 Å². The van der Waals surface area contributed by atoms with Crippen molar-refractivity contribution >= 4 is 0 Å². The molecule has 4 rings (SSSR count). The molecule has 120 valence electrons. The lowest BCUT2D eigenvalue weighted by atomic mass is 9.85. The van der Waals surface area contributed by atoms with Crippen LogP contribution in [0.15, 0.2) is 72.8 Å². The fourth-order valence-electron chi connectivity index (χ4n) is 3.86. The lowest BCUT2D eigenvalue weighted by Crippen LogP contribution is -2.11. The zero-order chi connectivity index (χ0) is 16.7. The van der Waals surface area contributed by atoms with Crippen LogP contribution in [-0.2, 0) is 11.8 Å². The van der Waals surface area contributed by atoms with E-state index in [1.165, 1.54) is 33.4 Å². The van der Waals surface area contributed by atoms with E-state index in [1.54, 1.807) is 0 Å². The van der Waals surface area contributed by atoms with Crippen molar-refractivity contribution in [3.63, 3.8) is 0 Å². The zero-order valence-electron chi connectivity index (χ0n) is 14.7. The van der Waals surface area contributed by atoms with E-state index in [0.29, 0.717) is 5.92 Å². The van der Waals surface area contributed by atoms with Crippen LogP contribution in [0.25, 0.3) is 11.1 Å². The highest BCUT2D eigenvalue weighted by Gasteiger charge is 2.28. The minimum atomic E-state index is 0.213. The molecule has 0 heterocycles. The highest BCUT2D eigenvalue weighted by molar-refractivity contribution is 5.78. The second kappa shape index (κ2) is 5.63. The lowest BCUT2D eigenvalue weighted by Gasteiger charge is -2.20. The van der Waals surface area contributed by atoms with Gasteiger partial charge in [0.2, 0.25) is 0 Å². The van der Waals surface area contributed by atoms with Crippen molar-refractivity contribution in [3.8, 4) is 11.1 Å². The van der Waals surface area contributed by atoms with Crippen molar-refractivity contribution in [2.24, 2.45) is 0 Å². The molecule has 0 nitrogen and oxygen atoms in total. The Balaban J connectivity index is 1.70. The molecular weight excluding hydrogens is 288 g/mol. The van der Waals surface area contributed by atoms with Gasteiger partial charge in [-0.15, -0.1) is 0 Å². The molecule has 0 aromatic heterocycles. The minimum absolute atomic E-state index is 0.213. The molecule has 0 unspecified atom stereocenters. The summed E-state index contributed by atoms with van der Waals surface area (Å²) in [5.41, 5.74) is 8.79. The van der Waals surface area contributed by atoms with Crippen LogP contribution in [-0.4, -0.2) is 0 Å². The molecule has 0 radical (unpaired) electrons. The molecule has 0 atom stereocenters. The van der Waals surface area contributed by atoms with Crippen molar-refractivity contribution in [2.75, 3.05) is 0 Å². The highest BCUT2D eigenvalue weighted by Crippen LogP contribution is 2.45. The number of fused-ring (bicyclic) bond motifs is 3. The van der Waals surface area contributed by atoms with Crippen LogP contribution in [0, 0.1) is 0 Å². The van der Waals surface area contributed by atoms with Crippen molar-refractivity contribution in [1.82, 2.24) is 0 Å². The van der Waals surface area contributed by atoms with Gasteiger partial charge in [-0.25, -0.2) is 0 Å². The van der Waals surface area contributed by atoms with E-state index in [0.717, 1.165) is 6.42 Å². The summed E-state index contributed by atoms with van der Waals surface area (Å²) in [6, 6.07) is 27.0. The van der Waals surface area contributed by atoms with Gasteiger partial charge in [0.1, 0.15) is 0 Å². The van der Waals surface area contributed by atoms with Crippen LogP contribution in [0.4, 0.5) is 0 Å². The first-order chi connectivity index (χ1) is 11.5. The summed E-state index contributed by atoms with van der Waals surface area (Å²) in [5, 5.41) is 0. The summed E-state index contributed by atoms with van der Waals surface area (Å²) in [5.74, 6) is 0.470. The van der Waals surface area contributed by atoms with E-state index >= 15 is 0 Å². The standard InChI is InChI=1S/C24H24/c1-24(2,3)18-14-12-17(13-15-18)16-23-21-10-6-4-8-19(21)20-9-5-7-11-22(20)23/h4-15,23H,16H2,1-3H3. The van der Waals surface area contributed by atoms with Gasteiger partial charge in [-0.2, -0.15) is 0 Å². The number of rotatable bonds is 2. The number of hydrogen-bond acceptors (Lipinski definition) is 0. The van der Waals surface area contributed by atoms with Gasteiger partial charge in [-0.3, -0.25) is 0 Å². The molecule has 1 aliphatic carbocycles. The normalized spacial score (nSPS) is 13.6. The summed E-state index contributed by atoms with van der Waals surface area (Å²) in [6.07, 6.45) is 1.07. The van der Waals surface area contributed by atoms with Crippen LogP contribution in [0.3, 0.4) is 0 Å². The van der Waals surface area contributed by atoms with Crippen molar-refractivity contribution < 1.29 is 0 Å². The highest BCUT2D eigenvalue weighted by atomic mass is 14.3. The second-order valence-corrected chi connectivity index (χ2v) is 7.88. The zero-order valence-corrected chi connectivity index (χ0v) is 14.7. The Morgan fingerprint density at radius 2 is 1.17 bits per heavy atom. The van der Waals surface area contributed by atoms with Gasteiger partial charge in [0.15, 0.2) is 0 Å². The monoisotopic (exact) mass is 312 g/mol. The van der Waals surface area contributed by atoms with Crippen LogP contribution < -0.4 is 0 Å². The van der Waals surface area contributed by atoms with E-state index in [2.05, 4.69) is 93.6 Å². The van der Waals surface area contributed by atoms with Gasteiger partial charge in [-0.05, 0) is 45.2 Å². The predicted octanol–water partition coefficient (Wildman–Crippen LogP) is 6.34.